The Balaban J connectivity index is 2.23. The maximum absolute atomic E-state index is 5.92. The number of hydrogen-bond acceptors (Lipinski definition) is 3. The van der Waals surface area contributed by atoms with Gasteiger partial charge in [0.2, 0.25) is 0 Å². The van der Waals surface area contributed by atoms with Gasteiger partial charge in [-0.3, -0.25) is 0 Å². The number of rotatable bonds is 2. The molecule has 14 heavy (non-hydrogen) atoms. The molecule has 0 aliphatic rings. The lowest BCUT2D eigenvalue weighted by Gasteiger charge is -2.00. The second-order valence-electron chi connectivity index (χ2n) is 2.75. The van der Waals surface area contributed by atoms with E-state index in [-0.39, 0.29) is 0 Å². The Morgan fingerprint density at radius 1 is 1.64 bits per heavy atom. The summed E-state index contributed by atoms with van der Waals surface area (Å²) in [5.74, 6) is 0.519. The number of hydrogen-bond donors (Lipinski definition) is 1. The molecule has 0 radical (unpaired) electrons. The van der Waals surface area contributed by atoms with E-state index < -0.39 is 0 Å². The topological polar surface area (TPSA) is 43.8 Å². The molecule has 0 saturated heterocycles. The zero-order valence-corrected chi connectivity index (χ0v) is 10.2. The van der Waals surface area contributed by atoms with Gasteiger partial charge in [0.25, 0.3) is 0 Å². The average Bonchev–Trinajstić information content (AvgIpc) is 2.63. The van der Waals surface area contributed by atoms with Gasteiger partial charge in [-0.2, -0.15) is 0 Å². The highest BCUT2D eigenvalue weighted by Crippen LogP contribution is 2.32. The SMILES string of the molecule is Nc1nccn1Cc1cc(Br)c(Cl)s1. The Hall–Kier alpha value is -0.520. The zero-order valence-electron chi connectivity index (χ0n) is 7.08. The lowest BCUT2D eigenvalue weighted by Crippen LogP contribution is -2.01. The smallest absolute Gasteiger partial charge is 0.200 e. The summed E-state index contributed by atoms with van der Waals surface area (Å²) in [7, 11) is 0. The van der Waals surface area contributed by atoms with Gasteiger partial charge in [0.05, 0.1) is 6.54 Å². The van der Waals surface area contributed by atoms with Gasteiger partial charge in [-0.25, -0.2) is 4.98 Å². The highest BCUT2D eigenvalue weighted by atomic mass is 79.9. The summed E-state index contributed by atoms with van der Waals surface area (Å²) in [4.78, 5) is 5.09. The third-order valence-electron chi connectivity index (χ3n) is 1.77. The molecule has 2 aromatic rings. The molecule has 0 fully saturated rings. The summed E-state index contributed by atoms with van der Waals surface area (Å²) >= 11 is 10.8. The monoisotopic (exact) mass is 291 g/mol. The summed E-state index contributed by atoms with van der Waals surface area (Å²) < 4.78 is 3.56. The molecular weight excluding hydrogens is 286 g/mol. The summed E-state index contributed by atoms with van der Waals surface area (Å²) in [6.45, 7) is 0.710. The van der Waals surface area contributed by atoms with Crippen molar-refractivity contribution in [2.45, 2.75) is 6.54 Å². The molecule has 0 saturated carbocycles. The van der Waals surface area contributed by atoms with Crippen LogP contribution in [0.25, 0.3) is 0 Å². The molecule has 6 heteroatoms. The molecule has 3 nitrogen and oxygen atoms in total. The standard InChI is InChI=1S/C8H7BrClN3S/c9-6-3-5(14-7(6)10)4-13-2-1-12-8(13)11/h1-3H,4H2,(H2,11,12). The number of aromatic nitrogens is 2. The fraction of sp³-hybridized carbons (Fsp3) is 0.125. The first kappa shape index (κ1) is 10.0. The fourth-order valence-corrected chi connectivity index (χ4v) is 2.90. The summed E-state index contributed by atoms with van der Waals surface area (Å²) in [5.41, 5.74) is 5.65. The maximum Gasteiger partial charge on any atom is 0.200 e. The molecule has 2 N–H and O–H groups in total. The van der Waals surface area contributed by atoms with Crippen LogP contribution in [-0.2, 0) is 6.54 Å². The van der Waals surface area contributed by atoms with Crippen LogP contribution in [0.2, 0.25) is 4.34 Å². The van der Waals surface area contributed by atoms with Crippen molar-refractivity contribution in [3.05, 3.63) is 32.1 Å². The van der Waals surface area contributed by atoms with Crippen LogP contribution < -0.4 is 5.73 Å². The number of nitrogen functional groups attached to an aromatic ring is 1. The van der Waals surface area contributed by atoms with Crippen LogP contribution in [0.5, 0.6) is 0 Å². The van der Waals surface area contributed by atoms with E-state index >= 15 is 0 Å². The average molecular weight is 293 g/mol. The van der Waals surface area contributed by atoms with Crippen molar-refractivity contribution in [3.8, 4) is 0 Å². The van der Waals surface area contributed by atoms with Gasteiger partial charge in [-0.1, -0.05) is 11.6 Å². The Morgan fingerprint density at radius 2 is 2.43 bits per heavy atom. The van der Waals surface area contributed by atoms with Gasteiger partial charge >= 0.3 is 0 Å². The third kappa shape index (κ3) is 1.94. The maximum atomic E-state index is 5.92. The minimum atomic E-state index is 0.519. The molecule has 0 bridgehead atoms. The molecule has 0 aromatic carbocycles. The number of halogens is 2. The predicted molar refractivity (Wildman–Crippen MR) is 62.8 cm³/mol. The highest BCUT2D eigenvalue weighted by molar-refractivity contribution is 9.10. The molecule has 0 amide bonds. The third-order valence-corrected chi connectivity index (χ3v) is 4.23. The molecule has 0 atom stereocenters. The number of anilines is 1. The van der Waals surface area contributed by atoms with Crippen molar-refractivity contribution < 1.29 is 0 Å². The first-order valence-corrected chi connectivity index (χ1v) is 5.86. The van der Waals surface area contributed by atoms with E-state index in [1.54, 1.807) is 6.20 Å². The van der Waals surface area contributed by atoms with Gasteiger partial charge in [0, 0.05) is 21.7 Å². The normalized spacial score (nSPS) is 10.7. The molecule has 2 rings (SSSR count). The van der Waals surface area contributed by atoms with Crippen LogP contribution in [0.1, 0.15) is 4.88 Å². The lowest BCUT2D eigenvalue weighted by atomic mass is 10.4. The molecule has 0 spiro atoms. The van der Waals surface area contributed by atoms with E-state index in [2.05, 4.69) is 20.9 Å². The summed E-state index contributed by atoms with van der Waals surface area (Å²) in [5, 5.41) is 0. The van der Waals surface area contributed by atoms with E-state index in [0.29, 0.717) is 12.5 Å². The first-order chi connectivity index (χ1) is 6.66. The van der Waals surface area contributed by atoms with Crippen molar-refractivity contribution in [1.29, 1.82) is 0 Å². The molecule has 0 aliphatic heterocycles. The van der Waals surface area contributed by atoms with Crippen molar-refractivity contribution >= 4 is 44.8 Å². The van der Waals surface area contributed by atoms with Crippen LogP contribution in [0.4, 0.5) is 5.95 Å². The van der Waals surface area contributed by atoms with E-state index in [9.17, 15) is 0 Å². The Bertz CT molecular complexity index is 432. The van der Waals surface area contributed by atoms with Gasteiger partial charge in [-0.05, 0) is 22.0 Å². The predicted octanol–water partition coefficient (Wildman–Crippen LogP) is 2.99. The van der Waals surface area contributed by atoms with Gasteiger partial charge in [0.1, 0.15) is 4.34 Å². The number of nitrogens with two attached hydrogens (primary N) is 1. The largest absolute Gasteiger partial charge is 0.369 e. The fourth-order valence-electron chi connectivity index (χ4n) is 1.11. The van der Waals surface area contributed by atoms with E-state index in [1.807, 2.05) is 16.8 Å². The highest BCUT2D eigenvalue weighted by Gasteiger charge is 2.06. The number of imidazole rings is 1. The van der Waals surface area contributed by atoms with Crippen LogP contribution in [-0.4, -0.2) is 9.55 Å². The Labute approximate surface area is 98.6 Å². The Kier molecular flexibility index (Phi) is 2.80. The van der Waals surface area contributed by atoms with Crippen LogP contribution in [0, 0.1) is 0 Å². The zero-order chi connectivity index (χ0) is 10.1. The molecule has 2 aromatic heterocycles. The Morgan fingerprint density at radius 3 is 2.93 bits per heavy atom. The molecule has 0 unspecified atom stereocenters. The number of thiophene rings is 1. The van der Waals surface area contributed by atoms with E-state index in [0.717, 1.165) is 13.7 Å². The van der Waals surface area contributed by atoms with Crippen LogP contribution >= 0.6 is 38.9 Å². The summed E-state index contributed by atoms with van der Waals surface area (Å²) in [6, 6.07) is 1.99. The first-order valence-electron chi connectivity index (χ1n) is 3.87. The molecule has 74 valence electrons. The van der Waals surface area contributed by atoms with Gasteiger partial charge in [-0.15, -0.1) is 11.3 Å². The quantitative estimate of drug-likeness (QED) is 0.925. The molecule has 2 heterocycles. The van der Waals surface area contributed by atoms with Crippen molar-refractivity contribution in [3.63, 3.8) is 0 Å². The molecular formula is C8H7BrClN3S. The van der Waals surface area contributed by atoms with Crippen molar-refractivity contribution in [2.24, 2.45) is 0 Å². The molecule has 0 aliphatic carbocycles. The van der Waals surface area contributed by atoms with Crippen molar-refractivity contribution in [2.75, 3.05) is 5.73 Å². The van der Waals surface area contributed by atoms with E-state index in [1.165, 1.54) is 11.3 Å². The second-order valence-corrected chi connectivity index (χ2v) is 5.34. The second kappa shape index (κ2) is 3.92. The van der Waals surface area contributed by atoms with Crippen LogP contribution in [0.15, 0.2) is 22.9 Å². The van der Waals surface area contributed by atoms with Crippen molar-refractivity contribution in [1.82, 2.24) is 9.55 Å². The number of nitrogens with zero attached hydrogens (tertiary/aromatic N) is 2. The lowest BCUT2D eigenvalue weighted by molar-refractivity contribution is 0.824. The minimum Gasteiger partial charge on any atom is -0.369 e. The van der Waals surface area contributed by atoms with E-state index in [4.69, 9.17) is 17.3 Å². The van der Waals surface area contributed by atoms with Gasteiger partial charge in [0.15, 0.2) is 5.95 Å². The van der Waals surface area contributed by atoms with Gasteiger partial charge < -0.3 is 10.3 Å². The van der Waals surface area contributed by atoms with Crippen LogP contribution in [0.3, 0.4) is 0 Å². The summed E-state index contributed by atoms with van der Waals surface area (Å²) in [6.07, 6.45) is 3.52. The minimum absolute atomic E-state index is 0.519.